The lowest BCUT2D eigenvalue weighted by Gasteiger charge is -2.42. The molecule has 11 nitrogen and oxygen atoms in total. The van der Waals surface area contributed by atoms with Crippen molar-refractivity contribution in [1.82, 2.24) is 25.3 Å². The number of amides is 1. The van der Waals surface area contributed by atoms with Gasteiger partial charge in [-0.3, -0.25) is 15.4 Å². The lowest BCUT2D eigenvalue weighted by molar-refractivity contribution is -0.121. The van der Waals surface area contributed by atoms with Crippen LogP contribution in [0.15, 0.2) is 22.4 Å². The Labute approximate surface area is 177 Å². The quantitative estimate of drug-likeness (QED) is 0.349. The van der Waals surface area contributed by atoms with Gasteiger partial charge in [-0.1, -0.05) is 13.8 Å². The van der Waals surface area contributed by atoms with Gasteiger partial charge in [0.05, 0.1) is 13.4 Å². The first-order chi connectivity index (χ1) is 14.2. The fraction of sp³-hybridized carbons (Fsp3) is 0.722. The summed E-state index contributed by atoms with van der Waals surface area (Å²) in [5.74, 6) is -1.28. The predicted octanol–water partition coefficient (Wildman–Crippen LogP) is -0.293. The normalized spacial score (nSPS) is 25.8. The Bertz CT molecular complexity index is 845. The van der Waals surface area contributed by atoms with Crippen molar-refractivity contribution in [2.24, 2.45) is 9.98 Å². The highest BCUT2D eigenvalue weighted by Gasteiger charge is 2.44. The zero-order valence-corrected chi connectivity index (χ0v) is 18.7. The Hall–Kier alpha value is -1.86. The number of hydrogen-bond donors (Lipinski definition) is 3. The second-order valence-electron chi connectivity index (χ2n) is 7.64. The first-order valence-corrected chi connectivity index (χ1v) is 12.1. The number of hydrogen-bond acceptors (Lipinski definition) is 9. The molecular formula is C18H31N7O4S. The summed E-state index contributed by atoms with van der Waals surface area (Å²) in [6, 6.07) is 0.101. The fourth-order valence-corrected chi connectivity index (χ4v) is 4.88. The van der Waals surface area contributed by atoms with E-state index in [9.17, 15) is 13.2 Å². The maximum absolute atomic E-state index is 12.9. The van der Waals surface area contributed by atoms with Crippen LogP contribution < -0.4 is 16.1 Å². The van der Waals surface area contributed by atoms with Crippen LogP contribution in [-0.4, -0.2) is 79.5 Å². The summed E-state index contributed by atoms with van der Waals surface area (Å²) in [4.78, 5) is 29.0. The number of hydroxylamine groups is 1. The van der Waals surface area contributed by atoms with Gasteiger partial charge in [0.1, 0.15) is 0 Å². The number of sulfonamides is 1. The maximum Gasteiger partial charge on any atom is 0.277 e. The van der Waals surface area contributed by atoms with Crippen molar-refractivity contribution in [2.75, 3.05) is 26.5 Å². The van der Waals surface area contributed by atoms with Crippen LogP contribution in [0, 0.1) is 0 Å². The largest absolute Gasteiger partial charge is 0.327 e. The third-order valence-corrected chi connectivity index (χ3v) is 6.90. The molecule has 0 radical (unpaired) electrons. The molecule has 168 valence electrons. The second-order valence-corrected chi connectivity index (χ2v) is 9.62. The van der Waals surface area contributed by atoms with Gasteiger partial charge in [0.15, 0.2) is 11.5 Å². The van der Waals surface area contributed by atoms with Gasteiger partial charge in [-0.25, -0.2) is 22.7 Å². The Morgan fingerprint density at radius 1 is 1.33 bits per heavy atom. The van der Waals surface area contributed by atoms with Gasteiger partial charge in [0.25, 0.3) is 11.8 Å². The second kappa shape index (κ2) is 9.10. The summed E-state index contributed by atoms with van der Waals surface area (Å²) in [5, 5.41) is 6.14. The van der Waals surface area contributed by atoms with Crippen LogP contribution >= 0.6 is 0 Å². The van der Waals surface area contributed by atoms with E-state index in [0.29, 0.717) is 31.8 Å². The third-order valence-electron chi connectivity index (χ3n) is 5.59. The monoisotopic (exact) mass is 441 g/mol. The van der Waals surface area contributed by atoms with E-state index < -0.39 is 15.9 Å². The Morgan fingerprint density at radius 2 is 2.00 bits per heavy atom. The molecule has 0 aliphatic carbocycles. The highest BCUT2D eigenvalue weighted by molar-refractivity contribution is 7.88. The van der Waals surface area contributed by atoms with Crippen LogP contribution in [0.3, 0.4) is 0 Å². The molecule has 3 aliphatic heterocycles. The molecule has 3 aliphatic rings. The summed E-state index contributed by atoms with van der Waals surface area (Å²) in [7, 11) is -1.77. The number of rotatable bonds is 8. The average molecular weight is 442 g/mol. The number of piperidine rings is 1. The van der Waals surface area contributed by atoms with E-state index in [4.69, 9.17) is 9.83 Å². The number of aliphatic imine (C=N–C) groups is 2. The van der Waals surface area contributed by atoms with Crippen molar-refractivity contribution >= 4 is 27.5 Å². The summed E-state index contributed by atoms with van der Waals surface area (Å²) >= 11 is 0. The minimum Gasteiger partial charge on any atom is -0.327 e. The SMILES string of the molecule is CCC(CC)N1C=CN=C2C(=O)NC(NOC)(NC3CCN(S(C)(=O)=O)CC3)N=C21. The minimum absolute atomic E-state index is 0.0745. The lowest BCUT2D eigenvalue weighted by Crippen LogP contribution is -2.73. The van der Waals surface area contributed by atoms with Gasteiger partial charge in [-0.15, -0.1) is 5.48 Å². The van der Waals surface area contributed by atoms with Gasteiger partial charge in [0, 0.05) is 37.6 Å². The molecule has 1 amide bonds. The summed E-state index contributed by atoms with van der Waals surface area (Å²) in [5.41, 5.74) is 3.03. The molecule has 3 heterocycles. The van der Waals surface area contributed by atoms with Crippen molar-refractivity contribution in [3.63, 3.8) is 0 Å². The molecule has 0 spiro atoms. The van der Waals surface area contributed by atoms with Gasteiger partial charge in [-0.05, 0) is 25.7 Å². The van der Waals surface area contributed by atoms with Crippen LogP contribution in [0.5, 0.6) is 0 Å². The van der Waals surface area contributed by atoms with E-state index in [2.05, 4.69) is 35.0 Å². The average Bonchev–Trinajstić information content (AvgIpc) is 2.69. The maximum atomic E-state index is 12.9. The number of nitrogens with one attached hydrogen (secondary N) is 3. The van der Waals surface area contributed by atoms with Gasteiger partial charge in [0.2, 0.25) is 10.0 Å². The van der Waals surface area contributed by atoms with E-state index in [-0.39, 0.29) is 23.7 Å². The molecule has 0 aromatic heterocycles. The topological polar surface area (TPSA) is 128 Å². The third kappa shape index (κ3) is 4.72. The van der Waals surface area contributed by atoms with E-state index in [1.165, 1.54) is 17.7 Å². The van der Waals surface area contributed by atoms with Crippen molar-refractivity contribution < 1.29 is 18.0 Å². The summed E-state index contributed by atoms with van der Waals surface area (Å²) in [6.45, 7) is 4.98. The van der Waals surface area contributed by atoms with Crippen LogP contribution in [-0.2, 0) is 19.7 Å². The fourth-order valence-electron chi connectivity index (χ4n) is 4.01. The van der Waals surface area contributed by atoms with Crippen LogP contribution in [0.1, 0.15) is 39.5 Å². The van der Waals surface area contributed by atoms with E-state index >= 15 is 0 Å². The number of fused-ring (bicyclic) bond motifs is 1. The Kier molecular flexibility index (Phi) is 6.92. The molecule has 0 aromatic rings. The van der Waals surface area contributed by atoms with Crippen molar-refractivity contribution in [3.05, 3.63) is 12.4 Å². The molecular weight excluding hydrogens is 410 g/mol. The van der Waals surface area contributed by atoms with Crippen molar-refractivity contribution in [3.8, 4) is 0 Å². The molecule has 1 unspecified atom stereocenters. The molecule has 3 rings (SSSR count). The molecule has 30 heavy (non-hydrogen) atoms. The summed E-state index contributed by atoms with van der Waals surface area (Å²) < 4.78 is 25.0. The van der Waals surface area contributed by atoms with Crippen molar-refractivity contribution in [2.45, 2.75) is 57.5 Å². The zero-order valence-electron chi connectivity index (χ0n) is 17.9. The molecule has 0 saturated carbocycles. The molecule has 1 atom stereocenters. The molecule has 3 N–H and O–H groups in total. The smallest absolute Gasteiger partial charge is 0.277 e. The highest BCUT2D eigenvalue weighted by atomic mass is 32.2. The number of amidine groups is 1. The first kappa shape index (κ1) is 22.8. The lowest BCUT2D eigenvalue weighted by atomic mass is 10.1. The van der Waals surface area contributed by atoms with Gasteiger partial charge >= 0.3 is 0 Å². The Morgan fingerprint density at radius 3 is 2.57 bits per heavy atom. The molecule has 1 fully saturated rings. The molecule has 1 saturated heterocycles. The minimum atomic E-state index is -3.22. The van der Waals surface area contributed by atoms with Gasteiger partial charge < -0.3 is 9.74 Å². The standard InChI is InChI=1S/C18H31N7O4S/c1-5-14(6-2)25-12-9-19-15-16(25)21-18(23-29-3,22-17(15)26)20-13-7-10-24(11-8-13)30(4,27)28/h9,12-14,20,23H,5-8,10-11H2,1-4H3,(H,22,26). The molecule has 0 aromatic carbocycles. The first-order valence-electron chi connectivity index (χ1n) is 10.2. The Balaban J connectivity index is 1.86. The van der Waals surface area contributed by atoms with Gasteiger partial charge in [-0.2, -0.15) is 0 Å². The van der Waals surface area contributed by atoms with E-state index in [0.717, 1.165) is 12.8 Å². The van der Waals surface area contributed by atoms with Crippen LogP contribution in [0.25, 0.3) is 0 Å². The van der Waals surface area contributed by atoms with Crippen molar-refractivity contribution in [1.29, 1.82) is 0 Å². The van der Waals surface area contributed by atoms with E-state index in [1.807, 2.05) is 11.1 Å². The number of carbonyl (C=O) groups excluding carboxylic acids is 1. The number of carbonyl (C=O) groups is 1. The van der Waals surface area contributed by atoms with E-state index in [1.54, 1.807) is 6.20 Å². The molecule has 12 heteroatoms. The number of nitrogens with zero attached hydrogens (tertiary/aromatic N) is 4. The van der Waals surface area contributed by atoms with Crippen LogP contribution in [0.2, 0.25) is 0 Å². The highest BCUT2D eigenvalue weighted by Crippen LogP contribution is 2.21. The zero-order chi connectivity index (χ0) is 21.9. The summed E-state index contributed by atoms with van der Waals surface area (Å²) in [6.07, 6.45) is 7.59. The molecule has 0 bridgehead atoms. The van der Waals surface area contributed by atoms with Crippen LogP contribution in [0.4, 0.5) is 0 Å². The predicted molar refractivity (Wildman–Crippen MR) is 114 cm³/mol.